The van der Waals surface area contributed by atoms with E-state index < -0.39 is 0 Å². The van der Waals surface area contributed by atoms with Crippen LogP contribution >= 0.6 is 22.6 Å². The second-order valence-corrected chi connectivity index (χ2v) is 3.16. The molecule has 0 amide bonds. The lowest BCUT2D eigenvalue weighted by Gasteiger charge is -2.01. The summed E-state index contributed by atoms with van der Waals surface area (Å²) in [7, 11) is 0. The van der Waals surface area contributed by atoms with Crippen molar-refractivity contribution in [3.05, 3.63) is 0 Å². The van der Waals surface area contributed by atoms with E-state index in [0.29, 0.717) is 10.6 Å². The smallest absolute Gasteiger partial charge is 0.0565 e. The predicted molar refractivity (Wildman–Crippen MR) is 38.6 cm³/mol. The Kier molecular flexibility index (Phi) is 5.25. The third kappa shape index (κ3) is 6.65. The first-order valence-corrected chi connectivity index (χ1v) is 3.50. The van der Waals surface area contributed by atoms with Crippen molar-refractivity contribution < 1.29 is 5.11 Å². The van der Waals surface area contributed by atoms with Gasteiger partial charge in [0.2, 0.25) is 0 Å². The SMILES string of the molecule is CC(I)NCCO. The Morgan fingerprint density at radius 3 is 2.57 bits per heavy atom. The summed E-state index contributed by atoms with van der Waals surface area (Å²) in [5, 5.41) is 11.3. The van der Waals surface area contributed by atoms with Crippen LogP contribution in [0.5, 0.6) is 0 Å². The number of halogens is 1. The molecule has 7 heavy (non-hydrogen) atoms. The molecule has 3 heteroatoms. The molecule has 0 heterocycles. The van der Waals surface area contributed by atoms with Gasteiger partial charge in [0, 0.05) is 6.54 Å². The van der Waals surface area contributed by atoms with Crippen LogP contribution in [0.4, 0.5) is 0 Å². The van der Waals surface area contributed by atoms with Crippen LogP contribution in [0.25, 0.3) is 0 Å². The minimum absolute atomic E-state index is 0.230. The molecule has 2 N–H and O–H groups in total. The van der Waals surface area contributed by atoms with E-state index in [1.807, 2.05) is 6.92 Å². The Balaban J connectivity index is 2.68. The topological polar surface area (TPSA) is 32.3 Å². The lowest BCUT2D eigenvalue weighted by Crippen LogP contribution is -2.23. The number of hydrogen-bond acceptors (Lipinski definition) is 2. The van der Waals surface area contributed by atoms with Gasteiger partial charge in [-0.05, 0) is 6.92 Å². The van der Waals surface area contributed by atoms with Gasteiger partial charge in [0.05, 0.1) is 10.7 Å². The number of hydrogen-bond donors (Lipinski definition) is 2. The van der Waals surface area contributed by atoms with Crippen LogP contribution in [0.15, 0.2) is 0 Å². The summed E-state index contributed by atoms with van der Waals surface area (Å²) < 4.78 is 0.463. The van der Waals surface area contributed by atoms with Crippen LogP contribution in [-0.2, 0) is 0 Å². The lowest BCUT2D eigenvalue weighted by atomic mass is 10.6. The summed E-state index contributed by atoms with van der Waals surface area (Å²) in [4.78, 5) is 0. The third-order valence-corrected chi connectivity index (χ3v) is 0.978. The maximum absolute atomic E-state index is 8.25. The second kappa shape index (κ2) is 4.80. The van der Waals surface area contributed by atoms with Crippen LogP contribution in [0, 0.1) is 0 Å². The van der Waals surface area contributed by atoms with Crippen molar-refractivity contribution in [2.75, 3.05) is 13.2 Å². The molecule has 0 aromatic carbocycles. The molecule has 1 atom stereocenters. The molecule has 44 valence electrons. The van der Waals surface area contributed by atoms with E-state index in [4.69, 9.17) is 5.11 Å². The molecule has 0 spiro atoms. The number of alkyl halides is 1. The first-order chi connectivity index (χ1) is 3.27. The fourth-order valence-electron chi connectivity index (χ4n) is 0.263. The molecular formula is C4H10INO. The molecule has 0 saturated heterocycles. The molecule has 0 radical (unpaired) electrons. The second-order valence-electron chi connectivity index (χ2n) is 1.29. The van der Waals surface area contributed by atoms with Crippen molar-refractivity contribution in [2.24, 2.45) is 0 Å². The number of rotatable bonds is 3. The van der Waals surface area contributed by atoms with E-state index in [0.717, 1.165) is 0 Å². The normalized spacial score (nSPS) is 14.1. The van der Waals surface area contributed by atoms with E-state index in [-0.39, 0.29) is 6.61 Å². The molecule has 2 nitrogen and oxygen atoms in total. The van der Waals surface area contributed by atoms with Gasteiger partial charge < -0.3 is 10.4 Å². The van der Waals surface area contributed by atoms with E-state index in [9.17, 15) is 0 Å². The maximum Gasteiger partial charge on any atom is 0.0565 e. The Bertz CT molecular complexity index is 40.7. The van der Waals surface area contributed by atoms with E-state index >= 15 is 0 Å². The van der Waals surface area contributed by atoms with Crippen LogP contribution < -0.4 is 5.32 Å². The molecule has 0 aliphatic carbocycles. The van der Waals surface area contributed by atoms with Crippen molar-refractivity contribution in [3.63, 3.8) is 0 Å². The van der Waals surface area contributed by atoms with Gasteiger partial charge in [-0.2, -0.15) is 0 Å². The van der Waals surface area contributed by atoms with E-state index in [1.54, 1.807) is 0 Å². The summed E-state index contributed by atoms with van der Waals surface area (Å²) in [6.07, 6.45) is 0. The number of nitrogens with one attached hydrogen (secondary N) is 1. The summed E-state index contributed by atoms with van der Waals surface area (Å²) in [5.74, 6) is 0. The zero-order valence-electron chi connectivity index (χ0n) is 4.32. The summed E-state index contributed by atoms with van der Waals surface area (Å²) >= 11 is 2.24. The molecule has 0 bridgehead atoms. The third-order valence-electron chi connectivity index (χ3n) is 0.537. The van der Waals surface area contributed by atoms with Gasteiger partial charge in [0.1, 0.15) is 0 Å². The quantitative estimate of drug-likeness (QED) is 0.404. The van der Waals surface area contributed by atoms with Crippen LogP contribution in [0.3, 0.4) is 0 Å². The highest BCUT2D eigenvalue weighted by atomic mass is 127. The van der Waals surface area contributed by atoms with E-state index in [1.165, 1.54) is 0 Å². The molecule has 0 rings (SSSR count). The van der Waals surface area contributed by atoms with Crippen LogP contribution in [0.2, 0.25) is 0 Å². The standard InChI is InChI=1S/C4H10INO/c1-4(5)6-2-3-7/h4,6-7H,2-3H2,1H3. The maximum atomic E-state index is 8.25. The molecule has 0 aliphatic rings. The van der Waals surface area contributed by atoms with Crippen LogP contribution in [0.1, 0.15) is 6.92 Å². The summed E-state index contributed by atoms with van der Waals surface area (Å²) in [6, 6.07) is 0. The summed E-state index contributed by atoms with van der Waals surface area (Å²) in [5.41, 5.74) is 0. The number of aliphatic hydroxyl groups excluding tert-OH is 1. The highest BCUT2D eigenvalue weighted by molar-refractivity contribution is 14.1. The predicted octanol–water partition coefficient (Wildman–Crippen LogP) is 0.349. The first kappa shape index (κ1) is 7.65. The Morgan fingerprint density at radius 2 is 2.43 bits per heavy atom. The molecule has 0 fully saturated rings. The molecule has 0 aliphatic heterocycles. The van der Waals surface area contributed by atoms with Crippen molar-refractivity contribution in [1.82, 2.24) is 5.32 Å². The van der Waals surface area contributed by atoms with Crippen molar-refractivity contribution in [1.29, 1.82) is 0 Å². The van der Waals surface area contributed by atoms with Gasteiger partial charge in [0.25, 0.3) is 0 Å². The largest absolute Gasteiger partial charge is 0.395 e. The first-order valence-electron chi connectivity index (χ1n) is 2.25. The highest BCUT2D eigenvalue weighted by Gasteiger charge is 1.88. The minimum Gasteiger partial charge on any atom is -0.395 e. The summed E-state index contributed by atoms with van der Waals surface area (Å²) in [6.45, 7) is 2.97. The van der Waals surface area contributed by atoms with Gasteiger partial charge in [-0.1, -0.05) is 22.6 Å². The monoisotopic (exact) mass is 215 g/mol. The molecule has 1 unspecified atom stereocenters. The molecule has 0 saturated carbocycles. The Labute approximate surface area is 57.4 Å². The minimum atomic E-state index is 0.230. The fraction of sp³-hybridized carbons (Fsp3) is 1.00. The Hall–Kier alpha value is 0.650. The zero-order chi connectivity index (χ0) is 5.70. The fourth-order valence-corrected chi connectivity index (χ4v) is 0.575. The van der Waals surface area contributed by atoms with Gasteiger partial charge in [-0.3, -0.25) is 0 Å². The van der Waals surface area contributed by atoms with E-state index in [2.05, 4.69) is 27.9 Å². The average molecular weight is 215 g/mol. The van der Waals surface area contributed by atoms with Gasteiger partial charge in [0.15, 0.2) is 0 Å². The molecule has 0 aromatic rings. The van der Waals surface area contributed by atoms with Gasteiger partial charge in [-0.15, -0.1) is 0 Å². The van der Waals surface area contributed by atoms with Crippen molar-refractivity contribution in [2.45, 2.75) is 11.0 Å². The number of aliphatic hydroxyl groups is 1. The van der Waals surface area contributed by atoms with Gasteiger partial charge in [-0.25, -0.2) is 0 Å². The molecule has 0 aromatic heterocycles. The van der Waals surface area contributed by atoms with Crippen LogP contribution in [-0.4, -0.2) is 22.3 Å². The van der Waals surface area contributed by atoms with Crippen molar-refractivity contribution >= 4 is 22.6 Å². The zero-order valence-corrected chi connectivity index (χ0v) is 6.47. The Morgan fingerprint density at radius 1 is 1.86 bits per heavy atom. The lowest BCUT2D eigenvalue weighted by molar-refractivity contribution is 0.293. The van der Waals surface area contributed by atoms with Crippen molar-refractivity contribution in [3.8, 4) is 0 Å². The highest BCUT2D eigenvalue weighted by Crippen LogP contribution is 1.89. The average Bonchev–Trinajstić information content (AvgIpc) is 1.61. The van der Waals surface area contributed by atoms with Gasteiger partial charge >= 0.3 is 0 Å². The molecular weight excluding hydrogens is 205 g/mol.